The number of hydrogen-bond acceptors (Lipinski definition) is 4. The average molecular weight is 439 g/mol. The number of likely N-dealkylation sites (tertiary alicyclic amines) is 2. The van der Waals surface area contributed by atoms with Gasteiger partial charge < -0.3 is 9.80 Å². The zero-order chi connectivity index (χ0) is 21.9. The van der Waals surface area contributed by atoms with E-state index in [0.29, 0.717) is 35.8 Å². The Morgan fingerprint density at radius 2 is 1.81 bits per heavy atom. The Kier molecular flexibility index (Phi) is 6.77. The normalized spacial score (nSPS) is 30.6. The maximum Gasteiger partial charge on any atom is 0.255 e. The molecule has 32 heavy (non-hydrogen) atoms. The number of carbonyl (C=O) groups excluding carboxylic acids is 2. The van der Waals surface area contributed by atoms with Crippen LogP contribution in [-0.4, -0.2) is 76.3 Å². The van der Waals surface area contributed by atoms with Crippen molar-refractivity contribution >= 4 is 11.8 Å². The zero-order valence-corrected chi connectivity index (χ0v) is 19.3. The lowest BCUT2D eigenvalue weighted by atomic mass is 9.69. The molecule has 4 saturated heterocycles. The molecule has 0 unspecified atom stereocenters. The van der Waals surface area contributed by atoms with E-state index >= 15 is 0 Å². The summed E-state index contributed by atoms with van der Waals surface area (Å²) in [6, 6.07) is 4.61. The van der Waals surface area contributed by atoms with Crippen molar-refractivity contribution < 1.29 is 9.59 Å². The quantitative estimate of drug-likeness (QED) is 0.705. The molecule has 4 aliphatic rings. The summed E-state index contributed by atoms with van der Waals surface area (Å²) in [5, 5.41) is 0. The van der Waals surface area contributed by atoms with E-state index in [1.807, 2.05) is 12.1 Å². The number of carbonyl (C=O) groups is 2. The highest BCUT2D eigenvalue weighted by Crippen LogP contribution is 2.43. The third kappa shape index (κ3) is 4.43. The van der Waals surface area contributed by atoms with Gasteiger partial charge in [0.05, 0.1) is 5.56 Å². The van der Waals surface area contributed by atoms with Gasteiger partial charge in [0.25, 0.3) is 5.91 Å². The van der Waals surface area contributed by atoms with Crippen LogP contribution in [0.3, 0.4) is 0 Å². The minimum atomic E-state index is 0.131. The minimum Gasteiger partial charge on any atom is -0.343 e. The fourth-order valence-corrected chi connectivity index (χ4v) is 7.02. The van der Waals surface area contributed by atoms with Gasteiger partial charge in [-0.25, -0.2) is 0 Å². The molecule has 4 fully saturated rings. The maximum atomic E-state index is 13.6. The smallest absolute Gasteiger partial charge is 0.255 e. The molecule has 0 radical (unpaired) electrons. The molecule has 4 atom stereocenters. The second-order valence-corrected chi connectivity index (χ2v) is 10.3. The van der Waals surface area contributed by atoms with E-state index in [-0.39, 0.29) is 11.9 Å². The Hall–Kier alpha value is -1.95. The zero-order valence-electron chi connectivity index (χ0n) is 19.3. The van der Waals surface area contributed by atoms with Gasteiger partial charge in [0.2, 0.25) is 5.91 Å². The predicted octanol–water partition coefficient (Wildman–Crippen LogP) is 3.58. The Morgan fingerprint density at radius 1 is 1.00 bits per heavy atom. The first-order valence-electron chi connectivity index (χ1n) is 12.9. The van der Waals surface area contributed by atoms with Gasteiger partial charge in [0.1, 0.15) is 0 Å². The van der Waals surface area contributed by atoms with Crippen molar-refractivity contribution in [2.45, 2.75) is 76.3 Å². The van der Waals surface area contributed by atoms with Crippen LogP contribution in [0.15, 0.2) is 24.5 Å². The van der Waals surface area contributed by atoms with E-state index in [9.17, 15) is 9.59 Å². The van der Waals surface area contributed by atoms with Crippen LogP contribution in [0.5, 0.6) is 0 Å². The van der Waals surface area contributed by atoms with Crippen molar-refractivity contribution in [3.05, 3.63) is 30.1 Å². The molecular formula is C26H38N4O2. The molecule has 0 saturated carbocycles. The van der Waals surface area contributed by atoms with Crippen LogP contribution in [-0.2, 0) is 4.79 Å². The minimum absolute atomic E-state index is 0.131. The number of hydrogen-bond donors (Lipinski definition) is 0. The van der Waals surface area contributed by atoms with E-state index in [1.165, 1.54) is 45.2 Å². The molecule has 0 bridgehead atoms. The molecule has 174 valence electrons. The Balaban J connectivity index is 1.32. The molecule has 0 aromatic carbocycles. The third-order valence-corrected chi connectivity index (χ3v) is 8.44. The summed E-state index contributed by atoms with van der Waals surface area (Å²) >= 11 is 0. The van der Waals surface area contributed by atoms with E-state index < -0.39 is 0 Å². The van der Waals surface area contributed by atoms with Crippen molar-refractivity contribution in [1.82, 2.24) is 19.7 Å². The van der Waals surface area contributed by atoms with Gasteiger partial charge in [-0.3, -0.25) is 19.5 Å². The predicted molar refractivity (Wildman–Crippen MR) is 124 cm³/mol. The monoisotopic (exact) mass is 438 g/mol. The molecular weight excluding hydrogens is 400 g/mol. The number of amides is 2. The largest absolute Gasteiger partial charge is 0.343 e. The summed E-state index contributed by atoms with van der Waals surface area (Å²) < 4.78 is 0. The van der Waals surface area contributed by atoms with Crippen molar-refractivity contribution in [2.75, 3.05) is 32.7 Å². The number of piperidine rings is 4. The van der Waals surface area contributed by atoms with Crippen molar-refractivity contribution in [3.8, 4) is 0 Å². The SMILES string of the molecule is O=C(CCC[C@@H]1[C@H]2CCCN3CCC[C@@H](CN1C(=O)c1cccnc1)[C@@H]23)N1CCCCC1. The number of rotatable bonds is 5. The van der Waals surface area contributed by atoms with Crippen molar-refractivity contribution in [3.63, 3.8) is 0 Å². The molecule has 4 aliphatic heterocycles. The highest BCUT2D eigenvalue weighted by atomic mass is 16.2. The van der Waals surface area contributed by atoms with E-state index in [1.54, 1.807) is 12.4 Å². The second-order valence-electron chi connectivity index (χ2n) is 10.3. The van der Waals surface area contributed by atoms with Crippen LogP contribution >= 0.6 is 0 Å². The first-order valence-corrected chi connectivity index (χ1v) is 12.9. The molecule has 1 aromatic heterocycles. The van der Waals surface area contributed by atoms with Gasteiger partial charge in [0.15, 0.2) is 0 Å². The first-order chi connectivity index (χ1) is 15.7. The molecule has 6 nitrogen and oxygen atoms in total. The lowest BCUT2D eigenvalue weighted by Crippen LogP contribution is -2.65. The maximum absolute atomic E-state index is 13.6. The summed E-state index contributed by atoms with van der Waals surface area (Å²) in [4.78, 5) is 37.5. The molecule has 0 N–H and O–H groups in total. The Labute approximate surface area is 192 Å². The molecule has 5 heterocycles. The fourth-order valence-electron chi connectivity index (χ4n) is 7.02. The summed E-state index contributed by atoms with van der Waals surface area (Å²) in [5.41, 5.74) is 0.698. The summed E-state index contributed by atoms with van der Waals surface area (Å²) in [7, 11) is 0. The van der Waals surface area contributed by atoms with Crippen LogP contribution in [0, 0.1) is 11.8 Å². The standard InChI is InChI=1S/C26H38N4O2/c31-24(28-14-2-1-3-15-28)12-4-11-23-22-10-7-17-29-16-6-9-21(25(22)29)19-30(23)26(32)20-8-5-13-27-18-20/h5,8,13,18,21-23,25H,1-4,6-7,9-12,14-17,19H2/t21-,22+,23+,25-/m0/s1. The number of nitrogens with zero attached hydrogens (tertiary/aromatic N) is 4. The number of aromatic nitrogens is 1. The van der Waals surface area contributed by atoms with Crippen molar-refractivity contribution in [1.29, 1.82) is 0 Å². The Bertz CT molecular complexity index is 792. The second kappa shape index (κ2) is 9.90. The lowest BCUT2D eigenvalue weighted by Gasteiger charge is -2.57. The van der Waals surface area contributed by atoms with Crippen LogP contribution in [0.25, 0.3) is 0 Å². The topological polar surface area (TPSA) is 56.8 Å². The van der Waals surface area contributed by atoms with Gasteiger partial charge in [-0.05, 0) is 94.8 Å². The summed E-state index contributed by atoms with van der Waals surface area (Å²) in [5.74, 6) is 1.56. The summed E-state index contributed by atoms with van der Waals surface area (Å²) in [6.45, 7) is 5.14. The molecule has 0 aliphatic carbocycles. The van der Waals surface area contributed by atoms with E-state index in [0.717, 1.165) is 45.3 Å². The van der Waals surface area contributed by atoms with E-state index in [2.05, 4.69) is 19.7 Å². The molecule has 0 spiro atoms. The highest BCUT2D eigenvalue weighted by Gasteiger charge is 2.49. The first kappa shape index (κ1) is 21.9. The third-order valence-electron chi connectivity index (χ3n) is 8.44. The van der Waals surface area contributed by atoms with Gasteiger partial charge in [-0.2, -0.15) is 0 Å². The van der Waals surface area contributed by atoms with E-state index in [4.69, 9.17) is 0 Å². The molecule has 5 rings (SSSR count). The van der Waals surface area contributed by atoms with Crippen LogP contribution < -0.4 is 0 Å². The molecule has 2 amide bonds. The van der Waals surface area contributed by atoms with Crippen LogP contribution in [0.4, 0.5) is 0 Å². The van der Waals surface area contributed by atoms with Crippen molar-refractivity contribution in [2.24, 2.45) is 11.8 Å². The Morgan fingerprint density at radius 3 is 2.59 bits per heavy atom. The summed E-state index contributed by atoms with van der Waals surface area (Å²) in [6.07, 6.45) is 14.3. The molecule has 1 aromatic rings. The van der Waals surface area contributed by atoms with Gasteiger partial charge in [-0.1, -0.05) is 0 Å². The lowest BCUT2D eigenvalue weighted by molar-refractivity contribution is -0.132. The van der Waals surface area contributed by atoms with Crippen LogP contribution in [0.1, 0.15) is 74.6 Å². The van der Waals surface area contributed by atoms with Gasteiger partial charge >= 0.3 is 0 Å². The van der Waals surface area contributed by atoms with Gasteiger partial charge in [-0.15, -0.1) is 0 Å². The number of pyridine rings is 1. The average Bonchev–Trinajstić information content (AvgIpc) is 2.86. The molecule has 6 heteroatoms. The fraction of sp³-hybridized carbons (Fsp3) is 0.731. The van der Waals surface area contributed by atoms with Gasteiger partial charge in [0, 0.05) is 50.5 Å². The van der Waals surface area contributed by atoms with Crippen LogP contribution in [0.2, 0.25) is 0 Å². The highest BCUT2D eigenvalue weighted by molar-refractivity contribution is 5.94.